The Hall–Kier alpha value is -4.17. The monoisotopic (exact) mass is 527 g/mol. The molecule has 0 atom stereocenters. The third kappa shape index (κ3) is 5.70. The van der Waals surface area contributed by atoms with Crippen LogP contribution >= 0.6 is 0 Å². The SMILES string of the molecule is Cc1cccc(C(=O)N2CCN(c3ccc(NC(=O)CS(=O)(=O)c4ccc5ccccc5c4)cc3)CC2)c1. The molecule has 5 rings (SSSR count). The molecule has 0 aromatic heterocycles. The highest BCUT2D eigenvalue weighted by Gasteiger charge is 2.23. The molecule has 0 radical (unpaired) electrons. The van der Waals surface area contributed by atoms with Gasteiger partial charge in [-0.3, -0.25) is 9.59 Å². The molecule has 0 unspecified atom stereocenters. The molecule has 7 nitrogen and oxygen atoms in total. The molecule has 1 N–H and O–H groups in total. The van der Waals surface area contributed by atoms with Gasteiger partial charge in [-0.1, -0.05) is 48.0 Å². The zero-order chi connectivity index (χ0) is 26.7. The molecule has 0 bridgehead atoms. The van der Waals surface area contributed by atoms with Gasteiger partial charge in [0.25, 0.3) is 5.91 Å². The third-order valence-electron chi connectivity index (χ3n) is 6.75. The average Bonchev–Trinajstić information content (AvgIpc) is 2.92. The number of amides is 2. The minimum Gasteiger partial charge on any atom is -0.368 e. The van der Waals surface area contributed by atoms with Crippen molar-refractivity contribution in [1.29, 1.82) is 0 Å². The van der Waals surface area contributed by atoms with Gasteiger partial charge in [0.1, 0.15) is 5.75 Å². The first-order valence-corrected chi connectivity index (χ1v) is 14.2. The van der Waals surface area contributed by atoms with E-state index in [0.29, 0.717) is 37.4 Å². The van der Waals surface area contributed by atoms with Gasteiger partial charge in [-0.15, -0.1) is 0 Å². The molecule has 4 aromatic rings. The Morgan fingerprint density at radius 2 is 1.50 bits per heavy atom. The van der Waals surface area contributed by atoms with Crippen molar-refractivity contribution in [3.8, 4) is 0 Å². The number of carbonyl (C=O) groups excluding carboxylic acids is 2. The lowest BCUT2D eigenvalue weighted by Crippen LogP contribution is -2.48. The molecule has 0 saturated carbocycles. The topological polar surface area (TPSA) is 86.8 Å². The number of nitrogens with one attached hydrogen (secondary N) is 1. The fourth-order valence-corrected chi connectivity index (χ4v) is 5.86. The van der Waals surface area contributed by atoms with Crippen molar-refractivity contribution in [3.63, 3.8) is 0 Å². The molecular weight excluding hydrogens is 498 g/mol. The van der Waals surface area contributed by atoms with E-state index < -0.39 is 21.5 Å². The highest BCUT2D eigenvalue weighted by Crippen LogP contribution is 2.22. The number of rotatable bonds is 6. The van der Waals surface area contributed by atoms with Crippen molar-refractivity contribution in [2.45, 2.75) is 11.8 Å². The first-order valence-electron chi connectivity index (χ1n) is 12.5. The average molecular weight is 528 g/mol. The van der Waals surface area contributed by atoms with Crippen LogP contribution in [0.25, 0.3) is 10.8 Å². The summed E-state index contributed by atoms with van der Waals surface area (Å²) in [5, 5.41) is 4.44. The fourth-order valence-electron chi connectivity index (χ4n) is 4.70. The van der Waals surface area contributed by atoms with Gasteiger partial charge in [0.05, 0.1) is 4.90 Å². The summed E-state index contributed by atoms with van der Waals surface area (Å²) in [5.74, 6) is -1.18. The van der Waals surface area contributed by atoms with Gasteiger partial charge in [0, 0.05) is 43.1 Å². The summed E-state index contributed by atoms with van der Waals surface area (Å²) < 4.78 is 25.6. The lowest BCUT2D eigenvalue weighted by atomic mass is 10.1. The standard InChI is InChI=1S/C30H29N3O4S/c1-22-5-4-8-25(19-22)30(35)33-17-15-32(16-18-33)27-12-10-26(11-13-27)31-29(34)21-38(36,37)28-14-9-23-6-2-3-7-24(23)20-28/h2-14,19-20H,15-18,21H2,1H3,(H,31,34). The molecule has 1 fully saturated rings. The second-order valence-electron chi connectivity index (χ2n) is 9.51. The van der Waals surface area contributed by atoms with Crippen molar-refractivity contribution in [2.24, 2.45) is 0 Å². The van der Waals surface area contributed by atoms with E-state index >= 15 is 0 Å². The zero-order valence-corrected chi connectivity index (χ0v) is 21.9. The van der Waals surface area contributed by atoms with Crippen molar-refractivity contribution in [1.82, 2.24) is 4.90 Å². The quantitative estimate of drug-likeness (QED) is 0.398. The van der Waals surface area contributed by atoms with E-state index in [0.717, 1.165) is 22.0 Å². The summed E-state index contributed by atoms with van der Waals surface area (Å²) in [7, 11) is -3.78. The Labute approximate surface area is 222 Å². The third-order valence-corrected chi connectivity index (χ3v) is 8.36. The molecule has 194 valence electrons. The second-order valence-corrected chi connectivity index (χ2v) is 11.5. The summed E-state index contributed by atoms with van der Waals surface area (Å²) in [6, 6.07) is 27.3. The minimum absolute atomic E-state index is 0.0463. The van der Waals surface area contributed by atoms with Crippen molar-refractivity contribution < 1.29 is 18.0 Å². The fraction of sp³-hybridized carbons (Fsp3) is 0.200. The number of sulfone groups is 1. The van der Waals surface area contributed by atoms with Gasteiger partial charge >= 0.3 is 0 Å². The Bertz CT molecular complexity index is 1590. The molecule has 38 heavy (non-hydrogen) atoms. The van der Waals surface area contributed by atoms with Gasteiger partial charge < -0.3 is 15.1 Å². The predicted molar refractivity (Wildman–Crippen MR) is 150 cm³/mol. The summed E-state index contributed by atoms with van der Waals surface area (Å²) in [6.07, 6.45) is 0. The van der Waals surface area contributed by atoms with Crippen LogP contribution < -0.4 is 10.2 Å². The molecule has 1 aliphatic rings. The first kappa shape index (κ1) is 25.5. The van der Waals surface area contributed by atoms with Crippen LogP contribution in [0.15, 0.2) is 95.9 Å². The highest BCUT2D eigenvalue weighted by atomic mass is 32.2. The largest absolute Gasteiger partial charge is 0.368 e. The van der Waals surface area contributed by atoms with Gasteiger partial charge in [-0.2, -0.15) is 0 Å². The number of carbonyl (C=O) groups is 2. The Balaban J connectivity index is 1.16. The minimum atomic E-state index is -3.78. The van der Waals surface area contributed by atoms with Crippen LogP contribution in [0.2, 0.25) is 0 Å². The molecule has 1 heterocycles. The predicted octanol–water partition coefficient (Wildman–Crippen LogP) is 4.52. The van der Waals surface area contributed by atoms with Crippen LogP contribution in [0.3, 0.4) is 0 Å². The van der Waals surface area contributed by atoms with E-state index in [-0.39, 0.29) is 10.8 Å². The number of hydrogen-bond donors (Lipinski definition) is 1. The van der Waals surface area contributed by atoms with Gasteiger partial charge in [-0.25, -0.2) is 8.42 Å². The normalized spacial score (nSPS) is 13.9. The van der Waals surface area contributed by atoms with Crippen LogP contribution in [-0.2, 0) is 14.6 Å². The molecule has 1 aliphatic heterocycles. The van der Waals surface area contributed by atoms with E-state index in [9.17, 15) is 18.0 Å². The maximum Gasteiger partial charge on any atom is 0.253 e. The Morgan fingerprint density at radius 3 is 2.21 bits per heavy atom. The van der Waals surface area contributed by atoms with E-state index in [1.54, 1.807) is 24.3 Å². The Kier molecular flexibility index (Phi) is 7.15. The Morgan fingerprint density at radius 1 is 0.789 bits per heavy atom. The van der Waals surface area contributed by atoms with Crippen LogP contribution in [0.1, 0.15) is 15.9 Å². The second kappa shape index (κ2) is 10.7. The van der Waals surface area contributed by atoms with Crippen molar-refractivity contribution in [3.05, 3.63) is 102 Å². The van der Waals surface area contributed by atoms with E-state index in [2.05, 4.69) is 10.2 Å². The van der Waals surface area contributed by atoms with Crippen LogP contribution in [0, 0.1) is 6.92 Å². The van der Waals surface area contributed by atoms with Crippen molar-refractivity contribution >= 4 is 43.8 Å². The number of nitrogens with zero attached hydrogens (tertiary/aromatic N) is 2. The molecular formula is C30H29N3O4S. The van der Waals surface area contributed by atoms with Gasteiger partial charge in [0.2, 0.25) is 5.91 Å². The molecule has 1 saturated heterocycles. The van der Waals surface area contributed by atoms with E-state index in [1.165, 1.54) is 6.07 Å². The number of fused-ring (bicyclic) bond motifs is 1. The maximum atomic E-state index is 12.8. The first-order chi connectivity index (χ1) is 18.3. The summed E-state index contributed by atoms with van der Waals surface area (Å²) in [5.41, 5.74) is 3.28. The van der Waals surface area contributed by atoms with E-state index in [4.69, 9.17) is 0 Å². The van der Waals surface area contributed by atoms with Gasteiger partial charge in [-0.05, 0) is 66.2 Å². The smallest absolute Gasteiger partial charge is 0.253 e. The molecule has 0 spiro atoms. The number of benzene rings is 4. The van der Waals surface area contributed by atoms with Crippen LogP contribution in [0.5, 0.6) is 0 Å². The van der Waals surface area contributed by atoms with Crippen LogP contribution in [-0.4, -0.2) is 57.1 Å². The maximum absolute atomic E-state index is 12.8. The summed E-state index contributed by atoms with van der Waals surface area (Å²) in [4.78, 5) is 29.6. The van der Waals surface area contributed by atoms with Gasteiger partial charge in [0.15, 0.2) is 9.84 Å². The van der Waals surface area contributed by atoms with Crippen molar-refractivity contribution in [2.75, 3.05) is 42.1 Å². The number of hydrogen-bond acceptors (Lipinski definition) is 5. The lowest BCUT2D eigenvalue weighted by molar-refractivity contribution is -0.113. The molecule has 2 amide bonds. The number of piperazine rings is 1. The number of aryl methyl sites for hydroxylation is 1. The zero-order valence-electron chi connectivity index (χ0n) is 21.1. The lowest BCUT2D eigenvalue weighted by Gasteiger charge is -2.36. The summed E-state index contributed by atoms with van der Waals surface area (Å²) >= 11 is 0. The highest BCUT2D eigenvalue weighted by molar-refractivity contribution is 7.92. The molecule has 0 aliphatic carbocycles. The molecule has 8 heteroatoms. The number of anilines is 2. The molecule has 4 aromatic carbocycles. The van der Waals surface area contributed by atoms with E-state index in [1.807, 2.05) is 72.5 Å². The van der Waals surface area contributed by atoms with Crippen LogP contribution in [0.4, 0.5) is 11.4 Å². The summed E-state index contributed by atoms with van der Waals surface area (Å²) in [6.45, 7) is 4.63.